The van der Waals surface area contributed by atoms with E-state index in [9.17, 15) is 9.59 Å². The zero-order valence-electron chi connectivity index (χ0n) is 10.6. The smallest absolute Gasteiger partial charge is 0.150 e. The van der Waals surface area contributed by atoms with Crippen molar-refractivity contribution < 1.29 is 14.1 Å². The molecule has 1 fully saturated rings. The number of ketones is 2. The number of aryl methyl sites for hydroxylation is 1. The Morgan fingerprint density at radius 2 is 2.06 bits per heavy atom. The standard InChI is InChI=1S/C14H17O3P/c1-8-3-5-10(17-18)7-11(8)13-12(15)6-4-9(2)14(13)16/h3,5,7,9,13H,4,6,18H2,1-2H3. The second-order valence-electron chi connectivity index (χ2n) is 4.88. The summed E-state index contributed by atoms with van der Waals surface area (Å²) in [7, 11) is 2.17. The Bertz CT molecular complexity index is 496. The first-order chi connectivity index (χ1) is 8.54. The summed E-state index contributed by atoms with van der Waals surface area (Å²) in [5, 5.41) is 0. The molecule has 2 rings (SSSR count). The van der Waals surface area contributed by atoms with E-state index in [-0.39, 0.29) is 17.5 Å². The SMILES string of the molecule is Cc1ccc(OP)cc1C1C(=O)CCC(C)C1=O. The van der Waals surface area contributed by atoms with E-state index in [0.717, 1.165) is 11.1 Å². The normalized spacial score (nSPS) is 24.2. The van der Waals surface area contributed by atoms with E-state index in [1.807, 2.05) is 26.0 Å². The summed E-state index contributed by atoms with van der Waals surface area (Å²) in [6, 6.07) is 5.50. The summed E-state index contributed by atoms with van der Waals surface area (Å²) in [5.41, 5.74) is 1.75. The van der Waals surface area contributed by atoms with E-state index in [2.05, 4.69) is 9.47 Å². The van der Waals surface area contributed by atoms with Crippen LogP contribution in [0.3, 0.4) is 0 Å². The number of rotatable bonds is 2. The molecule has 0 saturated heterocycles. The maximum atomic E-state index is 12.2. The van der Waals surface area contributed by atoms with Gasteiger partial charge in [-0.25, -0.2) is 0 Å². The van der Waals surface area contributed by atoms with Gasteiger partial charge in [-0.15, -0.1) is 0 Å². The quantitative estimate of drug-likeness (QED) is 0.609. The van der Waals surface area contributed by atoms with Crippen LogP contribution in [0.1, 0.15) is 36.8 Å². The van der Waals surface area contributed by atoms with E-state index in [0.29, 0.717) is 18.6 Å². The molecule has 3 nitrogen and oxygen atoms in total. The zero-order chi connectivity index (χ0) is 13.3. The van der Waals surface area contributed by atoms with Crippen molar-refractivity contribution in [3.63, 3.8) is 0 Å². The van der Waals surface area contributed by atoms with Gasteiger partial charge in [0, 0.05) is 12.3 Å². The molecule has 18 heavy (non-hydrogen) atoms. The second-order valence-corrected chi connectivity index (χ2v) is 5.11. The molecule has 0 aliphatic heterocycles. The van der Waals surface area contributed by atoms with Crippen molar-refractivity contribution in [1.29, 1.82) is 0 Å². The van der Waals surface area contributed by atoms with Gasteiger partial charge in [-0.2, -0.15) is 0 Å². The fourth-order valence-electron chi connectivity index (χ4n) is 2.42. The van der Waals surface area contributed by atoms with E-state index in [4.69, 9.17) is 4.52 Å². The summed E-state index contributed by atoms with van der Waals surface area (Å²) in [6.45, 7) is 3.81. The first-order valence-electron chi connectivity index (χ1n) is 6.08. The second kappa shape index (κ2) is 5.19. The summed E-state index contributed by atoms with van der Waals surface area (Å²) in [4.78, 5) is 24.3. The van der Waals surface area contributed by atoms with Crippen LogP contribution in [0.25, 0.3) is 0 Å². The van der Waals surface area contributed by atoms with Crippen molar-refractivity contribution in [3.05, 3.63) is 29.3 Å². The fraction of sp³-hybridized carbons (Fsp3) is 0.429. The van der Waals surface area contributed by atoms with Crippen LogP contribution in [0.4, 0.5) is 0 Å². The Hall–Kier alpha value is -1.21. The highest BCUT2D eigenvalue weighted by Crippen LogP contribution is 2.34. The van der Waals surface area contributed by atoms with Crippen molar-refractivity contribution >= 4 is 21.0 Å². The minimum Gasteiger partial charge on any atom is -0.480 e. The number of carbonyl (C=O) groups excluding carboxylic acids is 2. The Morgan fingerprint density at radius 3 is 2.72 bits per heavy atom. The van der Waals surface area contributed by atoms with E-state index in [1.165, 1.54) is 0 Å². The molecule has 0 aromatic heterocycles. The average molecular weight is 264 g/mol. The van der Waals surface area contributed by atoms with Gasteiger partial charge >= 0.3 is 0 Å². The van der Waals surface area contributed by atoms with Gasteiger partial charge in [0.2, 0.25) is 0 Å². The number of hydrogen-bond acceptors (Lipinski definition) is 3. The molecular weight excluding hydrogens is 247 g/mol. The fourth-order valence-corrected chi connectivity index (χ4v) is 2.56. The van der Waals surface area contributed by atoms with Gasteiger partial charge in [0.1, 0.15) is 17.5 Å². The van der Waals surface area contributed by atoms with Gasteiger partial charge in [-0.3, -0.25) is 9.59 Å². The molecule has 0 radical (unpaired) electrons. The molecule has 1 aromatic carbocycles. The van der Waals surface area contributed by atoms with Crippen molar-refractivity contribution in [2.75, 3.05) is 0 Å². The summed E-state index contributed by atoms with van der Waals surface area (Å²) in [6.07, 6.45) is 1.16. The number of carbonyl (C=O) groups is 2. The number of Topliss-reactive ketones (excluding diaryl/α,β-unsaturated/α-hetero) is 2. The Labute approximate surface area is 109 Å². The third kappa shape index (κ3) is 2.32. The molecule has 0 heterocycles. The van der Waals surface area contributed by atoms with Crippen molar-refractivity contribution in [3.8, 4) is 5.75 Å². The monoisotopic (exact) mass is 264 g/mol. The molecule has 1 aromatic rings. The molecular formula is C14H17O3P. The molecule has 0 N–H and O–H groups in total. The first-order valence-corrected chi connectivity index (χ1v) is 6.55. The summed E-state index contributed by atoms with van der Waals surface area (Å²) >= 11 is 0. The van der Waals surface area contributed by atoms with Gasteiger partial charge < -0.3 is 4.52 Å². The van der Waals surface area contributed by atoms with Gasteiger partial charge in [-0.1, -0.05) is 13.0 Å². The highest BCUT2D eigenvalue weighted by Gasteiger charge is 2.36. The third-order valence-corrected chi connectivity index (χ3v) is 3.89. The Morgan fingerprint density at radius 1 is 1.33 bits per heavy atom. The van der Waals surface area contributed by atoms with Crippen LogP contribution in [0.15, 0.2) is 18.2 Å². The van der Waals surface area contributed by atoms with Gasteiger partial charge in [0.05, 0.1) is 9.47 Å². The van der Waals surface area contributed by atoms with Crippen LogP contribution in [-0.4, -0.2) is 11.6 Å². The molecule has 1 aliphatic carbocycles. The lowest BCUT2D eigenvalue weighted by atomic mass is 9.75. The van der Waals surface area contributed by atoms with Crippen LogP contribution in [0.5, 0.6) is 5.75 Å². The van der Waals surface area contributed by atoms with Gasteiger partial charge in [-0.05, 0) is 36.6 Å². The third-order valence-electron chi connectivity index (χ3n) is 3.61. The molecule has 0 spiro atoms. The summed E-state index contributed by atoms with van der Waals surface area (Å²) in [5.74, 6) is 0.0818. The molecule has 0 bridgehead atoms. The average Bonchev–Trinajstić information content (AvgIpc) is 2.36. The lowest BCUT2D eigenvalue weighted by molar-refractivity contribution is -0.134. The number of hydrogen-bond donors (Lipinski definition) is 0. The molecule has 4 heteroatoms. The molecule has 3 atom stereocenters. The maximum Gasteiger partial charge on any atom is 0.150 e. The van der Waals surface area contributed by atoms with Crippen LogP contribution in [0, 0.1) is 12.8 Å². The van der Waals surface area contributed by atoms with Gasteiger partial charge in [0.15, 0.2) is 5.78 Å². The molecule has 1 aliphatic rings. The van der Waals surface area contributed by atoms with Crippen LogP contribution < -0.4 is 4.52 Å². The van der Waals surface area contributed by atoms with Crippen LogP contribution in [-0.2, 0) is 9.59 Å². The van der Waals surface area contributed by atoms with Crippen LogP contribution >= 0.6 is 9.47 Å². The maximum absolute atomic E-state index is 12.2. The molecule has 96 valence electrons. The van der Waals surface area contributed by atoms with Gasteiger partial charge in [0.25, 0.3) is 0 Å². The largest absolute Gasteiger partial charge is 0.480 e. The lowest BCUT2D eigenvalue weighted by Gasteiger charge is -2.26. The Balaban J connectivity index is 2.45. The predicted octanol–water partition coefficient (Wildman–Crippen LogP) is 2.82. The molecule has 1 saturated carbocycles. The molecule has 0 amide bonds. The number of benzene rings is 1. The highest BCUT2D eigenvalue weighted by atomic mass is 31.0. The minimum atomic E-state index is -0.603. The Kier molecular flexibility index (Phi) is 3.82. The van der Waals surface area contributed by atoms with E-state index in [1.54, 1.807) is 6.07 Å². The lowest BCUT2D eigenvalue weighted by Crippen LogP contribution is -2.32. The van der Waals surface area contributed by atoms with Crippen molar-refractivity contribution in [1.82, 2.24) is 0 Å². The van der Waals surface area contributed by atoms with Crippen molar-refractivity contribution in [2.24, 2.45) is 5.92 Å². The first kappa shape index (κ1) is 13.2. The highest BCUT2D eigenvalue weighted by molar-refractivity contribution is 7.10. The molecule has 3 unspecified atom stereocenters. The predicted molar refractivity (Wildman–Crippen MR) is 72.7 cm³/mol. The summed E-state index contributed by atoms with van der Waals surface area (Å²) < 4.78 is 5.09. The topological polar surface area (TPSA) is 43.4 Å². The van der Waals surface area contributed by atoms with E-state index >= 15 is 0 Å². The minimum absolute atomic E-state index is 0.0297. The van der Waals surface area contributed by atoms with Crippen molar-refractivity contribution in [2.45, 2.75) is 32.6 Å². The van der Waals surface area contributed by atoms with E-state index < -0.39 is 5.92 Å². The van der Waals surface area contributed by atoms with Crippen LogP contribution in [0.2, 0.25) is 0 Å². The zero-order valence-corrected chi connectivity index (χ0v) is 11.8.